The average molecular weight is 558 g/mol. The van der Waals surface area contributed by atoms with E-state index in [9.17, 15) is 9.59 Å². The highest BCUT2D eigenvalue weighted by Gasteiger charge is 2.58. The van der Waals surface area contributed by atoms with E-state index in [1.165, 1.54) is 37.0 Å². The summed E-state index contributed by atoms with van der Waals surface area (Å²) in [5.74, 6) is 1.30. The minimum absolute atomic E-state index is 0. The van der Waals surface area contributed by atoms with E-state index in [4.69, 9.17) is 0 Å². The third-order valence-corrected chi connectivity index (χ3v) is 7.81. The molecule has 0 aromatic heterocycles. The van der Waals surface area contributed by atoms with Gasteiger partial charge in [-0.2, -0.15) is 0 Å². The van der Waals surface area contributed by atoms with Gasteiger partial charge in [-0.05, 0) is 57.5 Å². The molecule has 0 spiro atoms. The molecule has 4 rings (SSSR count). The number of nitrogens with one attached hydrogen (secondary N) is 2. The van der Waals surface area contributed by atoms with Crippen molar-refractivity contribution in [3.8, 4) is 0 Å². The predicted molar refractivity (Wildman–Crippen MR) is 138 cm³/mol. The van der Waals surface area contributed by atoms with Gasteiger partial charge in [-0.25, -0.2) is 0 Å². The third kappa shape index (κ3) is 5.48. The Morgan fingerprint density at radius 1 is 1.03 bits per heavy atom. The Morgan fingerprint density at radius 2 is 1.62 bits per heavy atom. The lowest BCUT2D eigenvalue weighted by Gasteiger charge is -2.31. The van der Waals surface area contributed by atoms with Crippen LogP contribution in [0.3, 0.4) is 0 Å². The molecule has 2 amide bonds. The monoisotopic (exact) mass is 557 g/mol. The van der Waals surface area contributed by atoms with E-state index in [-0.39, 0.29) is 59.5 Å². The van der Waals surface area contributed by atoms with Crippen LogP contribution in [0.15, 0.2) is 17.1 Å². The highest BCUT2D eigenvalue weighted by molar-refractivity contribution is 14.0. The quantitative estimate of drug-likeness (QED) is 0.114. The van der Waals surface area contributed by atoms with Gasteiger partial charge in [0.1, 0.15) is 0 Å². The Morgan fingerprint density at radius 3 is 2.22 bits per heavy atom. The zero-order valence-electron chi connectivity index (χ0n) is 19.6. The molecule has 7 nitrogen and oxygen atoms in total. The van der Waals surface area contributed by atoms with Gasteiger partial charge in [-0.15, -0.1) is 24.0 Å². The maximum absolute atomic E-state index is 12.7. The van der Waals surface area contributed by atoms with Gasteiger partial charge in [0.2, 0.25) is 11.8 Å². The van der Waals surface area contributed by atoms with Crippen molar-refractivity contribution >= 4 is 41.8 Å². The number of nitrogens with zero attached hydrogens (tertiary/aromatic N) is 3. The first-order chi connectivity index (χ1) is 15.1. The molecule has 4 unspecified atom stereocenters. The zero-order valence-corrected chi connectivity index (χ0v) is 21.9. The summed E-state index contributed by atoms with van der Waals surface area (Å²) in [5.41, 5.74) is 0. The van der Waals surface area contributed by atoms with Crippen LogP contribution in [0.25, 0.3) is 0 Å². The first-order valence-corrected chi connectivity index (χ1v) is 12.3. The second-order valence-electron chi connectivity index (χ2n) is 9.73. The SMILES string of the molecule is CN=C(NCCCN1C(=O)C2C3C=CC(C3)C2C1=O)NCCCN(C)C1CCCCC1.I. The summed E-state index contributed by atoms with van der Waals surface area (Å²) in [4.78, 5) is 33.8. The van der Waals surface area contributed by atoms with Gasteiger partial charge in [0.15, 0.2) is 5.96 Å². The van der Waals surface area contributed by atoms with Crippen LogP contribution >= 0.6 is 24.0 Å². The second-order valence-corrected chi connectivity index (χ2v) is 9.73. The Kier molecular flexibility index (Phi) is 9.40. The average Bonchev–Trinajstić information content (AvgIpc) is 3.48. The van der Waals surface area contributed by atoms with E-state index >= 15 is 0 Å². The normalized spacial score (nSPS) is 29.6. The standard InChI is InChI=1S/C24H39N5O2.HI/c1-25-24(26-12-6-14-28(2)19-8-4-3-5-9-19)27-13-7-15-29-22(30)20-17-10-11-18(16-17)21(20)23(29)31;/h10-11,17-21H,3-9,12-16H2,1-2H3,(H2,25,26,27);1H. The summed E-state index contributed by atoms with van der Waals surface area (Å²) in [6, 6.07) is 0.757. The van der Waals surface area contributed by atoms with Crippen LogP contribution in [-0.2, 0) is 9.59 Å². The molecule has 0 aromatic rings. The number of halogens is 1. The number of aliphatic imine (C=N–C) groups is 1. The lowest BCUT2D eigenvalue weighted by Crippen LogP contribution is -2.41. The Hall–Kier alpha value is -1.16. The maximum atomic E-state index is 12.7. The Labute approximate surface area is 209 Å². The molecule has 32 heavy (non-hydrogen) atoms. The van der Waals surface area contributed by atoms with E-state index in [0.29, 0.717) is 13.1 Å². The number of imide groups is 1. The van der Waals surface area contributed by atoms with Crippen molar-refractivity contribution in [3.05, 3.63) is 12.2 Å². The van der Waals surface area contributed by atoms with E-state index in [1.807, 2.05) is 0 Å². The molecule has 1 heterocycles. The van der Waals surface area contributed by atoms with Crippen LogP contribution in [0.4, 0.5) is 0 Å². The van der Waals surface area contributed by atoms with Crippen LogP contribution in [0.1, 0.15) is 51.4 Å². The topological polar surface area (TPSA) is 77.0 Å². The van der Waals surface area contributed by atoms with Crippen molar-refractivity contribution in [1.82, 2.24) is 20.4 Å². The lowest BCUT2D eigenvalue weighted by molar-refractivity contribution is -0.140. The number of rotatable bonds is 9. The number of hydrogen-bond acceptors (Lipinski definition) is 4. The van der Waals surface area contributed by atoms with Crippen LogP contribution in [0, 0.1) is 23.7 Å². The van der Waals surface area contributed by atoms with Crippen molar-refractivity contribution < 1.29 is 9.59 Å². The zero-order chi connectivity index (χ0) is 21.8. The lowest BCUT2D eigenvalue weighted by atomic mass is 9.85. The van der Waals surface area contributed by atoms with Gasteiger partial charge >= 0.3 is 0 Å². The fourth-order valence-electron chi connectivity index (χ4n) is 6.09. The number of allylic oxidation sites excluding steroid dienone is 2. The number of hydrogen-bond donors (Lipinski definition) is 2. The smallest absolute Gasteiger partial charge is 0.233 e. The maximum Gasteiger partial charge on any atom is 0.233 e. The van der Waals surface area contributed by atoms with Gasteiger partial charge in [-0.1, -0.05) is 31.4 Å². The molecule has 3 aliphatic carbocycles. The highest BCUT2D eigenvalue weighted by Crippen LogP contribution is 2.52. The summed E-state index contributed by atoms with van der Waals surface area (Å²) in [5, 5.41) is 6.70. The van der Waals surface area contributed by atoms with Crippen LogP contribution in [-0.4, -0.2) is 73.9 Å². The summed E-state index contributed by atoms with van der Waals surface area (Å²) < 4.78 is 0. The first-order valence-electron chi connectivity index (χ1n) is 12.3. The molecule has 4 aliphatic rings. The molecule has 1 saturated heterocycles. The molecular formula is C24H40IN5O2. The predicted octanol–water partition coefficient (Wildman–Crippen LogP) is 2.62. The molecule has 0 aromatic carbocycles. The van der Waals surface area contributed by atoms with Crippen LogP contribution < -0.4 is 10.6 Å². The number of guanidine groups is 1. The molecule has 2 bridgehead atoms. The van der Waals surface area contributed by atoms with Gasteiger partial charge < -0.3 is 15.5 Å². The summed E-state index contributed by atoms with van der Waals surface area (Å²) in [7, 11) is 4.03. The van der Waals surface area contributed by atoms with E-state index in [0.717, 1.165) is 44.4 Å². The number of fused-ring (bicyclic) bond motifs is 5. The molecule has 1 aliphatic heterocycles. The van der Waals surface area contributed by atoms with E-state index in [1.54, 1.807) is 7.05 Å². The molecule has 0 radical (unpaired) electrons. The largest absolute Gasteiger partial charge is 0.356 e. The van der Waals surface area contributed by atoms with Crippen molar-refractivity contribution in [2.24, 2.45) is 28.7 Å². The summed E-state index contributed by atoms with van der Waals surface area (Å²) >= 11 is 0. The number of likely N-dealkylation sites (tertiary alicyclic amines) is 1. The van der Waals surface area contributed by atoms with Gasteiger partial charge in [0.05, 0.1) is 11.8 Å². The van der Waals surface area contributed by atoms with E-state index in [2.05, 4.69) is 39.7 Å². The number of carbonyl (C=O) groups excluding carboxylic acids is 2. The minimum Gasteiger partial charge on any atom is -0.356 e. The van der Waals surface area contributed by atoms with E-state index < -0.39 is 0 Å². The van der Waals surface area contributed by atoms with Crippen LogP contribution in [0.5, 0.6) is 0 Å². The number of amides is 2. The first kappa shape index (κ1) is 25.5. The highest BCUT2D eigenvalue weighted by atomic mass is 127. The summed E-state index contributed by atoms with van der Waals surface area (Å²) in [6.45, 7) is 3.19. The van der Waals surface area contributed by atoms with Gasteiger partial charge in [0, 0.05) is 32.7 Å². The molecule has 180 valence electrons. The van der Waals surface area contributed by atoms with Crippen molar-refractivity contribution in [2.45, 2.75) is 57.4 Å². The Bertz CT molecular complexity index is 691. The van der Waals surface area contributed by atoms with Gasteiger partial charge in [0.25, 0.3) is 0 Å². The molecule has 8 heteroatoms. The minimum atomic E-state index is -0.0865. The molecule has 2 saturated carbocycles. The fraction of sp³-hybridized carbons (Fsp3) is 0.792. The van der Waals surface area contributed by atoms with Crippen molar-refractivity contribution in [1.29, 1.82) is 0 Å². The summed E-state index contributed by atoms with van der Waals surface area (Å²) in [6.07, 6.45) is 13.9. The second kappa shape index (κ2) is 11.8. The van der Waals surface area contributed by atoms with Gasteiger partial charge in [-0.3, -0.25) is 19.5 Å². The fourth-order valence-corrected chi connectivity index (χ4v) is 6.09. The number of carbonyl (C=O) groups is 2. The Balaban J connectivity index is 0.00000289. The third-order valence-electron chi connectivity index (χ3n) is 7.81. The van der Waals surface area contributed by atoms with Crippen molar-refractivity contribution in [2.75, 3.05) is 40.3 Å². The molecule has 3 fully saturated rings. The molecular weight excluding hydrogens is 517 g/mol. The van der Waals surface area contributed by atoms with Crippen LogP contribution in [0.2, 0.25) is 0 Å². The molecule has 2 N–H and O–H groups in total. The molecule has 4 atom stereocenters. The van der Waals surface area contributed by atoms with Crippen molar-refractivity contribution in [3.63, 3.8) is 0 Å².